The minimum Gasteiger partial charge on any atom is -0.496 e. The number of para-hydroxylation sites is 1. The van der Waals surface area contributed by atoms with Crippen LogP contribution in [0.3, 0.4) is 0 Å². The Hall–Kier alpha value is -2.56. The van der Waals surface area contributed by atoms with Gasteiger partial charge in [-0.25, -0.2) is 4.98 Å². The molecule has 5 nitrogen and oxygen atoms in total. The van der Waals surface area contributed by atoms with E-state index < -0.39 is 0 Å². The van der Waals surface area contributed by atoms with Crippen LogP contribution in [0, 0.1) is 6.92 Å². The van der Waals surface area contributed by atoms with Crippen molar-refractivity contribution in [1.29, 1.82) is 0 Å². The van der Waals surface area contributed by atoms with E-state index in [9.17, 15) is 4.79 Å². The molecule has 2 rings (SSSR count). The first-order chi connectivity index (χ1) is 9.11. The smallest absolute Gasteiger partial charge is 0.260 e. The minimum atomic E-state index is -0.269. The highest BCUT2D eigenvalue weighted by atomic mass is 16.5. The summed E-state index contributed by atoms with van der Waals surface area (Å²) in [5.41, 5.74) is 7.60. The molecule has 3 N–H and O–H groups in total. The van der Waals surface area contributed by atoms with Gasteiger partial charge in [-0.2, -0.15) is 0 Å². The molecule has 0 unspecified atom stereocenters. The molecule has 19 heavy (non-hydrogen) atoms. The maximum atomic E-state index is 12.1. The number of carbonyl (C=O) groups excluding carboxylic acids is 1. The van der Waals surface area contributed by atoms with Gasteiger partial charge in [-0.15, -0.1) is 0 Å². The van der Waals surface area contributed by atoms with E-state index in [1.54, 1.807) is 30.3 Å². The third-order valence-electron chi connectivity index (χ3n) is 2.74. The summed E-state index contributed by atoms with van der Waals surface area (Å²) in [6.45, 7) is 1.86. The van der Waals surface area contributed by atoms with Crippen molar-refractivity contribution in [2.75, 3.05) is 18.2 Å². The van der Waals surface area contributed by atoms with Gasteiger partial charge in [0.05, 0.1) is 24.6 Å². The number of nitrogens with zero attached hydrogens (tertiary/aromatic N) is 1. The Bertz CT molecular complexity index is 611. The molecule has 0 aliphatic heterocycles. The Balaban J connectivity index is 2.23. The van der Waals surface area contributed by atoms with Gasteiger partial charge in [0, 0.05) is 0 Å². The molecule has 1 heterocycles. The van der Waals surface area contributed by atoms with Crippen LogP contribution in [-0.2, 0) is 0 Å². The molecule has 0 radical (unpaired) electrons. The van der Waals surface area contributed by atoms with Crippen molar-refractivity contribution in [3.05, 3.63) is 47.7 Å². The van der Waals surface area contributed by atoms with Crippen molar-refractivity contribution >= 4 is 17.4 Å². The van der Waals surface area contributed by atoms with Crippen LogP contribution < -0.4 is 15.8 Å². The topological polar surface area (TPSA) is 77.2 Å². The molecule has 0 saturated carbocycles. The average Bonchev–Trinajstić information content (AvgIpc) is 2.43. The number of ether oxygens (including phenoxy) is 1. The number of nitrogens with one attached hydrogen (secondary N) is 1. The minimum absolute atomic E-state index is 0.269. The van der Waals surface area contributed by atoms with Crippen LogP contribution in [0.25, 0.3) is 0 Å². The predicted octanol–water partition coefficient (Wildman–Crippen LogP) is 2.23. The maximum Gasteiger partial charge on any atom is 0.260 e. The number of hydrogen-bond acceptors (Lipinski definition) is 4. The lowest BCUT2D eigenvalue weighted by molar-refractivity contribution is 0.102. The van der Waals surface area contributed by atoms with Crippen molar-refractivity contribution < 1.29 is 9.53 Å². The van der Waals surface area contributed by atoms with Gasteiger partial charge in [-0.05, 0) is 30.7 Å². The first-order valence-corrected chi connectivity index (χ1v) is 5.78. The fraction of sp³-hybridized carbons (Fsp3) is 0.143. The first-order valence-electron chi connectivity index (χ1n) is 5.78. The number of pyridine rings is 1. The lowest BCUT2D eigenvalue weighted by Crippen LogP contribution is -2.14. The number of benzene rings is 1. The van der Waals surface area contributed by atoms with E-state index in [1.165, 1.54) is 13.3 Å². The van der Waals surface area contributed by atoms with Gasteiger partial charge in [-0.3, -0.25) is 4.79 Å². The molecular formula is C14H15N3O2. The first kappa shape index (κ1) is 12.9. The van der Waals surface area contributed by atoms with Gasteiger partial charge in [0.1, 0.15) is 11.6 Å². The number of anilines is 2. The Labute approximate surface area is 111 Å². The van der Waals surface area contributed by atoms with E-state index in [-0.39, 0.29) is 5.91 Å². The van der Waals surface area contributed by atoms with Gasteiger partial charge in [-0.1, -0.05) is 12.1 Å². The van der Waals surface area contributed by atoms with Gasteiger partial charge >= 0.3 is 0 Å². The third kappa shape index (κ3) is 2.82. The number of hydrogen-bond donors (Lipinski definition) is 2. The molecule has 0 bridgehead atoms. The zero-order chi connectivity index (χ0) is 13.8. The van der Waals surface area contributed by atoms with Crippen LogP contribution in [0.2, 0.25) is 0 Å². The third-order valence-corrected chi connectivity index (χ3v) is 2.74. The fourth-order valence-corrected chi connectivity index (χ4v) is 1.65. The molecule has 0 spiro atoms. The van der Waals surface area contributed by atoms with Crippen LogP contribution >= 0.6 is 0 Å². The summed E-state index contributed by atoms with van der Waals surface area (Å²) >= 11 is 0. The Morgan fingerprint density at radius 1 is 1.37 bits per heavy atom. The van der Waals surface area contributed by atoms with E-state index in [0.717, 1.165) is 5.56 Å². The summed E-state index contributed by atoms with van der Waals surface area (Å²) in [6.07, 6.45) is 1.52. The number of rotatable bonds is 3. The van der Waals surface area contributed by atoms with E-state index in [2.05, 4.69) is 10.3 Å². The van der Waals surface area contributed by atoms with Crippen molar-refractivity contribution in [1.82, 2.24) is 4.98 Å². The van der Waals surface area contributed by atoms with Crippen LogP contribution in [0.1, 0.15) is 15.9 Å². The monoisotopic (exact) mass is 257 g/mol. The van der Waals surface area contributed by atoms with Gasteiger partial charge in [0.15, 0.2) is 0 Å². The van der Waals surface area contributed by atoms with Crippen molar-refractivity contribution in [3.63, 3.8) is 0 Å². The number of amides is 1. The summed E-state index contributed by atoms with van der Waals surface area (Å²) in [5.74, 6) is 0.712. The van der Waals surface area contributed by atoms with E-state index >= 15 is 0 Å². The Morgan fingerprint density at radius 2 is 2.11 bits per heavy atom. The average molecular weight is 257 g/mol. The van der Waals surface area contributed by atoms with Crippen molar-refractivity contribution in [2.24, 2.45) is 0 Å². The van der Waals surface area contributed by atoms with Crippen LogP contribution in [-0.4, -0.2) is 18.0 Å². The van der Waals surface area contributed by atoms with E-state index in [1.807, 2.05) is 6.92 Å². The second kappa shape index (κ2) is 5.39. The molecule has 1 aromatic carbocycles. The molecule has 1 amide bonds. The zero-order valence-corrected chi connectivity index (χ0v) is 10.8. The highest BCUT2D eigenvalue weighted by molar-refractivity contribution is 6.05. The molecule has 0 atom stereocenters. The highest BCUT2D eigenvalue weighted by Gasteiger charge is 2.12. The SMILES string of the molecule is COc1ccccc1C(=O)Nc1cc(C)c(N)cn1. The van der Waals surface area contributed by atoms with Crippen molar-refractivity contribution in [2.45, 2.75) is 6.92 Å². The zero-order valence-electron chi connectivity index (χ0n) is 10.8. The summed E-state index contributed by atoms with van der Waals surface area (Å²) in [6, 6.07) is 8.73. The molecule has 0 aliphatic rings. The van der Waals surface area contributed by atoms with Crippen LogP contribution in [0.5, 0.6) is 5.75 Å². The molecule has 0 aliphatic carbocycles. The molecule has 1 aromatic heterocycles. The quantitative estimate of drug-likeness (QED) is 0.884. The second-order valence-electron chi connectivity index (χ2n) is 4.08. The second-order valence-corrected chi connectivity index (χ2v) is 4.08. The largest absolute Gasteiger partial charge is 0.496 e. The molecule has 0 fully saturated rings. The highest BCUT2D eigenvalue weighted by Crippen LogP contribution is 2.19. The number of aromatic nitrogens is 1. The van der Waals surface area contributed by atoms with Crippen molar-refractivity contribution in [3.8, 4) is 5.75 Å². The van der Waals surface area contributed by atoms with Gasteiger partial charge < -0.3 is 15.8 Å². The Morgan fingerprint density at radius 3 is 2.79 bits per heavy atom. The normalized spacial score (nSPS) is 10.0. The molecule has 5 heteroatoms. The molecule has 0 saturated heterocycles. The fourth-order valence-electron chi connectivity index (χ4n) is 1.65. The standard InChI is InChI=1S/C14H15N3O2/c1-9-7-13(16-8-11(9)15)17-14(18)10-5-3-4-6-12(10)19-2/h3-8H,15H2,1-2H3,(H,16,17,18). The Kier molecular flexibility index (Phi) is 3.66. The molecular weight excluding hydrogens is 242 g/mol. The van der Waals surface area contributed by atoms with Gasteiger partial charge in [0.25, 0.3) is 5.91 Å². The summed E-state index contributed by atoms with van der Waals surface area (Å²) in [4.78, 5) is 16.2. The lowest BCUT2D eigenvalue weighted by atomic mass is 10.2. The van der Waals surface area contributed by atoms with Crippen LogP contribution in [0.15, 0.2) is 36.5 Å². The number of nitrogen functional groups attached to an aromatic ring is 1. The number of methoxy groups -OCH3 is 1. The summed E-state index contributed by atoms with van der Waals surface area (Å²) in [5, 5.41) is 2.72. The predicted molar refractivity (Wildman–Crippen MR) is 74.3 cm³/mol. The number of nitrogens with two attached hydrogens (primary N) is 1. The van der Waals surface area contributed by atoms with E-state index in [4.69, 9.17) is 10.5 Å². The lowest BCUT2D eigenvalue weighted by Gasteiger charge is -2.09. The van der Waals surface area contributed by atoms with Gasteiger partial charge in [0.2, 0.25) is 0 Å². The summed E-state index contributed by atoms with van der Waals surface area (Å²) < 4.78 is 5.15. The molecule has 98 valence electrons. The van der Waals surface area contributed by atoms with Crippen LogP contribution in [0.4, 0.5) is 11.5 Å². The number of aryl methyl sites for hydroxylation is 1. The maximum absolute atomic E-state index is 12.1. The summed E-state index contributed by atoms with van der Waals surface area (Å²) in [7, 11) is 1.53. The number of carbonyl (C=O) groups is 1. The van der Waals surface area contributed by atoms with E-state index in [0.29, 0.717) is 22.8 Å². The molecule has 2 aromatic rings.